The molecule has 2 fully saturated rings. The monoisotopic (exact) mass is 520 g/mol. The van der Waals surface area contributed by atoms with E-state index in [0.29, 0.717) is 11.7 Å². The van der Waals surface area contributed by atoms with Crippen LogP contribution < -0.4 is 9.64 Å². The summed E-state index contributed by atoms with van der Waals surface area (Å²) < 4.78 is 22.2. The number of rotatable bonds is 8. The van der Waals surface area contributed by atoms with Gasteiger partial charge in [0.25, 0.3) is 0 Å². The number of para-hydroxylation sites is 2. The van der Waals surface area contributed by atoms with Crippen molar-refractivity contribution in [1.82, 2.24) is 14.8 Å². The summed E-state index contributed by atoms with van der Waals surface area (Å²) in [7, 11) is 0. The topological polar surface area (TPSA) is 60.3 Å². The maximum Gasteiger partial charge on any atom is 0.237 e. The van der Waals surface area contributed by atoms with Gasteiger partial charge in [-0.1, -0.05) is 48.5 Å². The average molecular weight is 521 g/mol. The van der Waals surface area contributed by atoms with Crippen LogP contribution in [-0.4, -0.2) is 32.5 Å². The minimum atomic E-state index is -0.394. The largest absolute Gasteiger partial charge is 0.483 e. The Morgan fingerprint density at radius 3 is 2.73 bits per heavy atom. The van der Waals surface area contributed by atoms with Gasteiger partial charge < -0.3 is 9.64 Å². The molecule has 0 unspecified atom stereocenters. The van der Waals surface area contributed by atoms with Crippen LogP contribution in [0, 0.1) is 23.6 Å². The van der Waals surface area contributed by atoms with E-state index in [1.54, 1.807) is 18.2 Å². The average Bonchev–Trinajstić information content (AvgIpc) is 3.68. The molecule has 0 saturated heterocycles. The Bertz CT molecular complexity index is 1300. The molecular weight excluding hydrogens is 487 g/mol. The lowest BCUT2D eigenvalue weighted by atomic mass is 9.84. The Balaban J connectivity index is 1.22. The van der Waals surface area contributed by atoms with Crippen LogP contribution in [-0.2, 0) is 17.8 Å². The normalized spacial score (nSPS) is 24.9. The molecule has 6 nitrogen and oxygen atoms in total. The second-order valence-corrected chi connectivity index (χ2v) is 11.7. The van der Waals surface area contributed by atoms with Crippen molar-refractivity contribution in [2.24, 2.45) is 17.8 Å². The van der Waals surface area contributed by atoms with E-state index >= 15 is 0 Å². The molecule has 0 radical (unpaired) electrons. The molecule has 1 amide bonds. The molecule has 5 atom stereocenters. The van der Waals surface area contributed by atoms with Gasteiger partial charge in [0.1, 0.15) is 6.61 Å². The zero-order chi connectivity index (χ0) is 25.5. The number of aromatic nitrogens is 3. The van der Waals surface area contributed by atoms with E-state index in [1.807, 2.05) is 23.1 Å². The maximum absolute atomic E-state index is 14.2. The number of amides is 1. The fourth-order valence-electron chi connectivity index (χ4n) is 6.84. The van der Waals surface area contributed by atoms with Gasteiger partial charge >= 0.3 is 0 Å². The Hall–Kier alpha value is -2.87. The third-order valence-electron chi connectivity index (χ3n) is 8.55. The molecule has 2 bridgehead atoms. The first kappa shape index (κ1) is 24.5. The number of halogens is 1. The van der Waals surface area contributed by atoms with Crippen LogP contribution in [0.25, 0.3) is 0 Å². The maximum atomic E-state index is 14.2. The standard InChI is InChI=1S/C29H33FN4O2S/c1-18-13-22-7-3-5-9-25(22)33(18)28(35)17-37-29-32-31-27(16-36-26-10-6-4-8-24(26)30)34(29)19(2)23-15-20-11-12-21(23)14-20/h3-10,18-21,23H,11-17H2,1-2H3/t18-,19-,20+,21+,23+/m0/s1. The summed E-state index contributed by atoms with van der Waals surface area (Å²) in [6.07, 6.45) is 6.04. The fourth-order valence-corrected chi connectivity index (χ4v) is 7.74. The first-order chi connectivity index (χ1) is 18.0. The van der Waals surface area contributed by atoms with Crippen molar-refractivity contribution in [2.75, 3.05) is 10.7 Å². The van der Waals surface area contributed by atoms with Crippen LogP contribution in [0.2, 0.25) is 0 Å². The van der Waals surface area contributed by atoms with Gasteiger partial charge in [0.15, 0.2) is 22.5 Å². The molecular formula is C29H33FN4O2S. The van der Waals surface area contributed by atoms with Crippen LogP contribution in [0.15, 0.2) is 53.7 Å². The number of benzene rings is 2. The highest BCUT2D eigenvalue weighted by Gasteiger charge is 2.43. The number of anilines is 1. The third-order valence-corrected chi connectivity index (χ3v) is 9.48. The van der Waals surface area contributed by atoms with E-state index in [4.69, 9.17) is 4.74 Å². The number of nitrogens with zero attached hydrogens (tertiary/aromatic N) is 4. The Kier molecular flexibility index (Phi) is 6.69. The van der Waals surface area contributed by atoms with E-state index < -0.39 is 5.82 Å². The van der Waals surface area contributed by atoms with Gasteiger partial charge in [-0.05, 0) is 81.0 Å². The molecule has 3 aromatic rings. The highest BCUT2D eigenvalue weighted by atomic mass is 32.2. The molecule has 0 N–H and O–H groups in total. The molecule has 3 aliphatic rings. The lowest BCUT2D eigenvalue weighted by molar-refractivity contribution is -0.116. The molecule has 8 heteroatoms. The van der Waals surface area contributed by atoms with E-state index in [1.165, 1.54) is 49.1 Å². The van der Waals surface area contributed by atoms with Gasteiger partial charge in [0.05, 0.1) is 5.75 Å². The predicted octanol–water partition coefficient (Wildman–Crippen LogP) is 6.06. The van der Waals surface area contributed by atoms with Gasteiger partial charge in [-0.15, -0.1) is 10.2 Å². The number of fused-ring (bicyclic) bond motifs is 3. The van der Waals surface area contributed by atoms with Crippen LogP contribution in [0.5, 0.6) is 5.75 Å². The summed E-state index contributed by atoms with van der Waals surface area (Å²) in [6.45, 7) is 4.47. The number of hydrogen-bond acceptors (Lipinski definition) is 5. The second kappa shape index (κ2) is 10.1. The quantitative estimate of drug-likeness (QED) is 0.338. The fraction of sp³-hybridized carbons (Fsp3) is 0.483. The second-order valence-electron chi connectivity index (χ2n) is 10.8. The van der Waals surface area contributed by atoms with Gasteiger partial charge in [-0.25, -0.2) is 4.39 Å². The molecule has 1 aliphatic heterocycles. The molecule has 2 heterocycles. The molecule has 2 aliphatic carbocycles. The zero-order valence-electron chi connectivity index (χ0n) is 21.3. The summed E-state index contributed by atoms with van der Waals surface area (Å²) in [6, 6.07) is 14.9. The third kappa shape index (κ3) is 4.65. The molecule has 2 saturated carbocycles. The van der Waals surface area contributed by atoms with Crippen LogP contribution in [0.3, 0.4) is 0 Å². The summed E-state index contributed by atoms with van der Waals surface area (Å²) in [5.74, 6) is 2.95. The summed E-state index contributed by atoms with van der Waals surface area (Å²) in [5.41, 5.74) is 2.23. The van der Waals surface area contributed by atoms with Gasteiger partial charge in [-0.3, -0.25) is 9.36 Å². The molecule has 1 aromatic heterocycles. The van der Waals surface area contributed by atoms with E-state index in [9.17, 15) is 9.18 Å². The number of carbonyl (C=O) groups is 1. The zero-order valence-corrected chi connectivity index (χ0v) is 22.2. The molecule has 37 heavy (non-hydrogen) atoms. The van der Waals surface area contributed by atoms with E-state index in [2.05, 4.69) is 34.7 Å². The number of thioether (sulfide) groups is 1. The number of hydrogen-bond donors (Lipinski definition) is 0. The van der Waals surface area contributed by atoms with Crippen molar-refractivity contribution in [3.63, 3.8) is 0 Å². The van der Waals surface area contributed by atoms with Crippen molar-refractivity contribution in [3.8, 4) is 5.75 Å². The smallest absolute Gasteiger partial charge is 0.237 e. The number of ether oxygens (including phenoxy) is 1. The first-order valence-electron chi connectivity index (χ1n) is 13.3. The minimum Gasteiger partial charge on any atom is -0.483 e. The van der Waals surface area contributed by atoms with Crippen LogP contribution >= 0.6 is 11.8 Å². The molecule has 6 rings (SSSR count). The molecule has 0 spiro atoms. The molecule has 2 aromatic carbocycles. The van der Waals surface area contributed by atoms with Crippen molar-refractivity contribution in [2.45, 2.75) is 69.8 Å². The molecule has 194 valence electrons. The highest BCUT2D eigenvalue weighted by molar-refractivity contribution is 7.99. The summed E-state index contributed by atoms with van der Waals surface area (Å²) in [4.78, 5) is 15.3. The summed E-state index contributed by atoms with van der Waals surface area (Å²) >= 11 is 1.44. The first-order valence-corrected chi connectivity index (χ1v) is 14.3. The highest BCUT2D eigenvalue weighted by Crippen LogP contribution is 2.52. The van der Waals surface area contributed by atoms with Crippen LogP contribution in [0.4, 0.5) is 10.1 Å². The van der Waals surface area contributed by atoms with Gasteiger partial charge in [0, 0.05) is 17.8 Å². The Morgan fingerprint density at radius 2 is 1.95 bits per heavy atom. The predicted molar refractivity (Wildman–Crippen MR) is 142 cm³/mol. The lowest BCUT2D eigenvalue weighted by Crippen LogP contribution is -2.37. The number of carbonyl (C=O) groups excluding carboxylic acids is 1. The minimum absolute atomic E-state index is 0.0775. The Labute approximate surface area is 221 Å². The van der Waals surface area contributed by atoms with E-state index in [-0.39, 0.29) is 36.1 Å². The van der Waals surface area contributed by atoms with Crippen molar-refractivity contribution in [1.29, 1.82) is 0 Å². The van der Waals surface area contributed by atoms with Crippen molar-refractivity contribution in [3.05, 3.63) is 65.7 Å². The van der Waals surface area contributed by atoms with Gasteiger partial charge in [0.2, 0.25) is 5.91 Å². The van der Waals surface area contributed by atoms with E-state index in [0.717, 1.165) is 29.1 Å². The Morgan fingerprint density at radius 1 is 1.14 bits per heavy atom. The SMILES string of the molecule is C[C@H]1Cc2ccccc2N1C(=O)CSc1nnc(COc2ccccc2F)n1[C@@H](C)[C@H]1C[C@@H]2CC[C@@H]1C2. The van der Waals surface area contributed by atoms with Crippen molar-refractivity contribution >= 4 is 23.4 Å². The van der Waals surface area contributed by atoms with Crippen LogP contribution in [0.1, 0.15) is 57.0 Å². The lowest BCUT2D eigenvalue weighted by Gasteiger charge is -2.30. The summed E-state index contributed by atoms with van der Waals surface area (Å²) in [5, 5.41) is 9.69. The van der Waals surface area contributed by atoms with Crippen molar-refractivity contribution < 1.29 is 13.9 Å². The van der Waals surface area contributed by atoms with Gasteiger partial charge in [-0.2, -0.15) is 0 Å².